The van der Waals surface area contributed by atoms with Crippen molar-refractivity contribution in [2.75, 3.05) is 19.5 Å². The van der Waals surface area contributed by atoms with Crippen molar-refractivity contribution in [3.8, 4) is 11.5 Å². The van der Waals surface area contributed by atoms with Crippen molar-refractivity contribution in [2.45, 2.75) is 6.54 Å². The fraction of sp³-hybridized carbons (Fsp3) is 0.176. The van der Waals surface area contributed by atoms with E-state index < -0.39 is 11.7 Å². The summed E-state index contributed by atoms with van der Waals surface area (Å²) in [6.45, 7) is -0.335. The first-order chi connectivity index (χ1) is 13.9. The second kappa shape index (κ2) is 8.97. The van der Waals surface area contributed by atoms with Gasteiger partial charge in [0.25, 0.3) is 0 Å². The van der Waals surface area contributed by atoms with Crippen molar-refractivity contribution in [3.63, 3.8) is 0 Å². The van der Waals surface area contributed by atoms with Crippen LogP contribution in [0, 0.1) is 0 Å². The summed E-state index contributed by atoms with van der Waals surface area (Å²) in [6, 6.07) is 3.40. The fourth-order valence-corrected chi connectivity index (χ4v) is 2.94. The number of methoxy groups -OCH3 is 2. The van der Waals surface area contributed by atoms with Crippen LogP contribution in [0.5, 0.6) is 11.5 Å². The van der Waals surface area contributed by atoms with E-state index >= 15 is 0 Å². The Morgan fingerprint density at radius 2 is 2.17 bits per heavy atom. The number of benzene rings is 1. The number of hydrogen-bond donors (Lipinski definition) is 2. The van der Waals surface area contributed by atoms with Crippen LogP contribution in [-0.2, 0) is 11.3 Å². The quantitative estimate of drug-likeness (QED) is 0.528. The molecule has 2 aromatic heterocycles. The van der Waals surface area contributed by atoms with Gasteiger partial charge in [0.1, 0.15) is 12.4 Å². The highest BCUT2D eigenvalue weighted by Crippen LogP contribution is 2.37. The molecule has 0 aliphatic carbocycles. The molecule has 0 fully saturated rings. The lowest BCUT2D eigenvalue weighted by Gasteiger charge is -2.10. The second-order valence-corrected chi connectivity index (χ2v) is 6.77. The number of rotatable bonds is 7. The van der Waals surface area contributed by atoms with Crippen LogP contribution in [0.25, 0.3) is 12.2 Å². The highest BCUT2D eigenvalue weighted by molar-refractivity contribution is 9.10. The third-order valence-electron chi connectivity index (χ3n) is 3.69. The molecule has 152 valence electrons. The van der Waals surface area contributed by atoms with E-state index in [0.717, 1.165) is 4.68 Å². The van der Waals surface area contributed by atoms with Gasteiger partial charge in [-0.3, -0.25) is 9.89 Å². The molecule has 2 N–H and O–H groups in total. The van der Waals surface area contributed by atoms with E-state index in [9.17, 15) is 9.59 Å². The molecule has 3 aromatic rings. The number of aromatic nitrogens is 4. The van der Waals surface area contributed by atoms with Crippen molar-refractivity contribution >= 4 is 51.4 Å². The SMILES string of the molecule is COc1ccc(C=Cc2nn(CC(=O)Nc3[nH]ncc3Br)c(=O)o2)c(Cl)c1OC. The van der Waals surface area contributed by atoms with Gasteiger partial charge in [-0.25, -0.2) is 4.79 Å². The van der Waals surface area contributed by atoms with Crippen LogP contribution in [0.3, 0.4) is 0 Å². The number of H-pyrrole nitrogens is 1. The van der Waals surface area contributed by atoms with Crippen LogP contribution in [0.2, 0.25) is 5.02 Å². The molecular formula is C17H15BrClN5O5. The first kappa shape index (κ1) is 20.7. The predicted octanol–water partition coefficient (Wildman–Crippen LogP) is 2.80. The van der Waals surface area contributed by atoms with E-state index in [1.165, 1.54) is 26.5 Å². The first-order valence-electron chi connectivity index (χ1n) is 8.08. The highest BCUT2D eigenvalue weighted by Gasteiger charge is 2.14. The molecular weight excluding hydrogens is 470 g/mol. The zero-order valence-corrected chi connectivity index (χ0v) is 17.6. The molecule has 0 atom stereocenters. The molecule has 0 saturated heterocycles. The molecule has 10 nitrogen and oxygen atoms in total. The lowest BCUT2D eigenvalue weighted by atomic mass is 10.2. The maximum Gasteiger partial charge on any atom is 0.437 e. The second-order valence-electron chi connectivity index (χ2n) is 5.54. The van der Waals surface area contributed by atoms with E-state index in [0.29, 0.717) is 32.4 Å². The van der Waals surface area contributed by atoms with Gasteiger partial charge < -0.3 is 19.2 Å². The summed E-state index contributed by atoms with van der Waals surface area (Å²) in [5.41, 5.74) is 0.600. The van der Waals surface area contributed by atoms with Gasteiger partial charge in [0.15, 0.2) is 11.5 Å². The highest BCUT2D eigenvalue weighted by atomic mass is 79.9. The molecule has 0 radical (unpaired) electrons. The minimum atomic E-state index is -0.776. The summed E-state index contributed by atoms with van der Waals surface area (Å²) in [5, 5.41) is 13.2. The van der Waals surface area contributed by atoms with Crippen LogP contribution in [0.1, 0.15) is 11.5 Å². The van der Waals surface area contributed by atoms with Gasteiger partial charge in [0.05, 0.1) is 29.9 Å². The van der Waals surface area contributed by atoms with Gasteiger partial charge in [-0.2, -0.15) is 9.78 Å². The zero-order chi connectivity index (χ0) is 21.0. The smallest absolute Gasteiger partial charge is 0.437 e. The summed E-state index contributed by atoms with van der Waals surface area (Å²) in [6.07, 6.45) is 4.54. The number of nitrogens with one attached hydrogen (secondary N) is 2. The van der Waals surface area contributed by atoms with E-state index in [1.807, 2.05) is 0 Å². The van der Waals surface area contributed by atoms with E-state index in [4.69, 9.17) is 25.5 Å². The van der Waals surface area contributed by atoms with Crippen molar-refractivity contribution in [1.82, 2.24) is 20.0 Å². The Bertz CT molecular complexity index is 1120. The van der Waals surface area contributed by atoms with Gasteiger partial charge in [0.2, 0.25) is 11.8 Å². The molecule has 29 heavy (non-hydrogen) atoms. The molecule has 0 bridgehead atoms. The number of carbonyl (C=O) groups excluding carboxylic acids is 1. The molecule has 12 heteroatoms. The Kier molecular flexibility index (Phi) is 6.39. The van der Waals surface area contributed by atoms with Crippen molar-refractivity contribution in [2.24, 2.45) is 0 Å². The van der Waals surface area contributed by atoms with Gasteiger partial charge in [-0.1, -0.05) is 11.6 Å². The topological polar surface area (TPSA) is 124 Å². The van der Waals surface area contributed by atoms with Crippen LogP contribution < -0.4 is 20.5 Å². The fourth-order valence-electron chi connectivity index (χ4n) is 2.36. The lowest BCUT2D eigenvalue weighted by molar-refractivity contribution is -0.117. The maximum atomic E-state index is 12.1. The number of anilines is 1. The van der Waals surface area contributed by atoms with Crippen LogP contribution in [-0.4, -0.2) is 40.1 Å². The summed E-state index contributed by atoms with van der Waals surface area (Å²) in [4.78, 5) is 24.0. The van der Waals surface area contributed by atoms with Crippen molar-refractivity contribution in [3.05, 3.63) is 49.8 Å². The predicted molar refractivity (Wildman–Crippen MR) is 109 cm³/mol. The molecule has 2 heterocycles. The Balaban J connectivity index is 1.74. The number of amides is 1. The average molecular weight is 485 g/mol. The van der Waals surface area contributed by atoms with E-state index in [-0.39, 0.29) is 12.4 Å². The van der Waals surface area contributed by atoms with Gasteiger partial charge >= 0.3 is 5.76 Å². The van der Waals surface area contributed by atoms with Crippen molar-refractivity contribution < 1.29 is 18.7 Å². The van der Waals surface area contributed by atoms with E-state index in [1.54, 1.807) is 18.2 Å². The van der Waals surface area contributed by atoms with Gasteiger partial charge in [0, 0.05) is 6.08 Å². The molecule has 0 unspecified atom stereocenters. The van der Waals surface area contributed by atoms with Gasteiger partial charge in [-0.15, -0.1) is 5.10 Å². The average Bonchev–Trinajstić information content (AvgIpc) is 3.25. The number of ether oxygens (including phenoxy) is 2. The molecule has 1 aromatic carbocycles. The van der Waals surface area contributed by atoms with Crippen LogP contribution in [0.4, 0.5) is 5.82 Å². The monoisotopic (exact) mass is 483 g/mol. The van der Waals surface area contributed by atoms with Crippen LogP contribution in [0.15, 0.2) is 32.0 Å². The Morgan fingerprint density at radius 1 is 1.38 bits per heavy atom. The number of halogens is 2. The van der Waals surface area contributed by atoms with Gasteiger partial charge in [-0.05, 0) is 39.7 Å². The molecule has 0 spiro atoms. The van der Waals surface area contributed by atoms with Crippen molar-refractivity contribution in [1.29, 1.82) is 0 Å². The summed E-state index contributed by atoms with van der Waals surface area (Å²) in [5.74, 6) is -0.0119. The third kappa shape index (κ3) is 4.69. The molecule has 3 rings (SSSR count). The Hall–Kier alpha value is -3.05. The molecule has 0 aliphatic heterocycles. The summed E-state index contributed by atoms with van der Waals surface area (Å²) >= 11 is 9.52. The summed E-state index contributed by atoms with van der Waals surface area (Å²) < 4.78 is 16.9. The number of carbonyl (C=O) groups is 1. The normalized spacial score (nSPS) is 11.0. The molecule has 0 aliphatic rings. The van der Waals surface area contributed by atoms with E-state index in [2.05, 4.69) is 36.5 Å². The number of aromatic amines is 1. The minimum Gasteiger partial charge on any atom is -0.493 e. The summed E-state index contributed by atoms with van der Waals surface area (Å²) in [7, 11) is 2.98. The largest absolute Gasteiger partial charge is 0.493 e. The Morgan fingerprint density at radius 3 is 2.83 bits per heavy atom. The number of hydrogen-bond acceptors (Lipinski definition) is 7. The minimum absolute atomic E-state index is 0.0105. The van der Waals surface area contributed by atoms with Crippen LogP contribution >= 0.6 is 27.5 Å². The number of nitrogens with zero attached hydrogens (tertiary/aromatic N) is 3. The standard InChI is InChI=1S/C17H15BrClN5O5/c1-27-11-5-3-9(14(19)15(11)28-2)4-6-13-23-24(17(26)29-13)8-12(25)21-16-10(18)7-20-22-16/h3-7H,8H2,1-2H3,(H2,20,21,22,25). The maximum absolute atomic E-state index is 12.1. The molecule has 0 saturated carbocycles. The lowest BCUT2D eigenvalue weighted by Crippen LogP contribution is -2.26. The first-order valence-corrected chi connectivity index (χ1v) is 9.25. The zero-order valence-electron chi connectivity index (χ0n) is 15.2. The third-order valence-corrected chi connectivity index (χ3v) is 4.68. The molecule has 1 amide bonds. The Labute approximate surface area is 177 Å².